The first-order valence-electron chi connectivity index (χ1n) is 4.77. The molecule has 0 spiro atoms. The second kappa shape index (κ2) is 5.24. The lowest BCUT2D eigenvalue weighted by Gasteiger charge is -2.20. The first-order valence-corrected chi connectivity index (χ1v) is 4.77. The van der Waals surface area contributed by atoms with Crippen LogP contribution >= 0.6 is 0 Å². The number of rotatable bonds is 4. The minimum Gasteiger partial charge on any atom is -0.487 e. The van der Waals surface area contributed by atoms with Gasteiger partial charge in [-0.25, -0.2) is 4.79 Å². The smallest absolute Gasteiger partial charge is 0.404 e. The van der Waals surface area contributed by atoms with Gasteiger partial charge < -0.3 is 15.2 Å². The zero-order valence-corrected chi connectivity index (χ0v) is 8.84. The molecule has 0 radical (unpaired) electrons. The van der Waals surface area contributed by atoms with Gasteiger partial charge in [-0.2, -0.15) is 0 Å². The molecule has 15 heavy (non-hydrogen) atoms. The number of primary amides is 1. The second-order valence-corrected chi connectivity index (χ2v) is 3.28. The summed E-state index contributed by atoms with van der Waals surface area (Å²) in [7, 11) is 0. The van der Waals surface area contributed by atoms with Crippen LogP contribution in [-0.2, 0) is 4.74 Å². The molecular formula is C11H15NO3. The van der Waals surface area contributed by atoms with Crippen molar-refractivity contribution in [3.8, 4) is 5.75 Å². The van der Waals surface area contributed by atoms with Gasteiger partial charge in [0.2, 0.25) is 0 Å². The van der Waals surface area contributed by atoms with Gasteiger partial charge in [0.25, 0.3) is 0 Å². The molecular weight excluding hydrogens is 194 g/mol. The van der Waals surface area contributed by atoms with E-state index in [1.165, 1.54) is 0 Å². The van der Waals surface area contributed by atoms with Crippen LogP contribution in [0, 0.1) is 0 Å². The monoisotopic (exact) mass is 209 g/mol. The standard InChI is InChI=1S/C11H15NO3/c1-8(9(2)15-11(12)13)14-10-6-4-3-5-7-10/h3-9H,1-2H3,(H2,12,13). The van der Waals surface area contributed by atoms with Crippen LogP contribution in [0.4, 0.5) is 4.79 Å². The molecule has 82 valence electrons. The summed E-state index contributed by atoms with van der Waals surface area (Å²) in [5.41, 5.74) is 4.91. The van der Waals surface area contributed by atoms with E-state index in [0.717, 1.165) is 5.75 Å². The number of ether oxygens (including phenoxy) is 2. The summed E-state index contributed by atoms with van der Waals surface area (Å²) in [4.78, 5) is 10.5. The molecule has 0 heterocycles. The van der Waals surface area contributed by atoms with Gasteiger partial charge in [0.05, 0.1) is 0 Å². The molecule has 1 aromatic rings. The van der Waals surface area contributed by atoms with Crippen molar-refractivity contribution >= 4 is 6.09 Å². The summed E-state index contributed by atoms with van der Waals surface area (Å²) < 4.78 is 10.3. The summed E-state index contributed by atoms with van der Waals surface area (Å²) >= 11 is 0. The van der Waals surface area contributed by atoms with Crippen molar-refractivity contribution in [2.75, 3.05) is 0 Å². The van der Waals surface area contributed by atoms with Crippen LogP contribution in [0.5, 0.6) is 5.75 Å². The minimum atomic E-state index is -0.786. The molecule has 0 aliphatic carbocycles. The van der Waals surface area contributed by atoms with Crippen molar-refractivity contribution in [3.05, 3.63) is 30.3 Å². The number of carbonyl (C=O) groups excluding carboxylic acids is 1. The Morgan fingerprint density at radius 1 is 1.20 bits per heavy atom. The van der Waals surface area contributed by atoms with Crippen LogP contribution in [0.15, 0.2) is 30.3 Å². The van der Waals surface area contributed by atoms with Gasteiger partial charge in [0, 0.05) is 0 Å². The average Bonchev–Trinajstić information content (AvgIpc) is 2.18. The molecule has 2 N–H and O–H groups in total. The fourth-order valence-electron chi connectivity index (χ4n) is 1.09. The molecule has 1 aromatic carbocycles. The number of nitrogens with two attached hydrogens (primary N) is 1. The molecule has 4 nitrogen and oxygen atoms in total. The van der Waals surface area contributed by atoms with E-state index in [4.69, 9.17) is 15.2 Å². The summed E-state index contributed by atoms with van der Waals surface area (Å²) in [6, 6.07) is 9.34. The zero-order chi connectivity index (χ0) is 11.3. The first-order chi connectivity index (χ1) is 7.09. The van der Waals surface area contributed by atoms with Crippen LogP contribution < -0.4 is 10.5 Å². The van der Waals surface area contributed by atoms with Crippen LogP contribution in [0.2, 0.25) is 0 Å². The molecule has 0 saturated heterocycles. The van der Waals surface area contributed by atoms with E-state index in [1.807, 2.05) is 37.3 Å². The molecule has 0 aliphatic heterocycles. The molecule has 2 atom stereocenters. The number of benzene rings is 1. The molecule has 0 aromatic heterocycles. The van der Waals surface area contributed by atoms with E-state index >= 15 is 0 Å². The summed E-state index contributed by atoms with van der Waals surface area (Å²) in [5, 5.41) is 0. The van der Waals surface area contributed by atoms with Crippen LogP contribution in [-0.4, -0.2) is 18.3 Å². The van der Waals surface area contributed by atoms with Crippen LogP contribution in [0.1, 0.15) is 13.8 Å². The highest BCUT2D eigenvalue weighted by atomic mass is 16.6. The number of amides is 1. The highest BCUT2D eigenvalue weighted by molar-refractivity contribution is 5.64. The lowest BCUT2D eigenvalue weighted by atomic mass is 10.2. The normalized spacial score (nSPS) is 14.0. The number of hydrogen-bond acceptors (Lipinski definition) is 3. The fraction of sp³-hybridized carbons (Fsp3) is 0.364. The Morgan fingerprint density at radius 2 is 1.80 bits per heavy atom. The molecule has 1 amide bonds. The number of carbonyl (C=O) groups is 1. The van der Waals surface area contributed by atoms with Crippen molar-refractivity contribution in [2.24, 2.45) is 5.73 Å². The van der Waals surface area contributed by atoms with Gasteiger partial charge in [0.1, 0.15) is 18.0 Å². The Bertz CT molecular complexity index is 313. The van der Waals surface area contributed by atoms with Crippen molar-refractivity contribution in [2.45, 2.75) is 26.1 Å². The SMILES string of the molecule is CC(OC(N)=O)C(C)Oc1ccccc1. The maximum absolute atomic E-state index is 10.5. The Hall–Kier alpha value is -1.71. The molecule has 1 rings (SSSR count). The highest BCUT2D eigenvalue weighted by Gasteiger charge is 2.16. The molecule has 0 fully saturated rings. The van der Waals surface area contributed by atoms with Crippen molar-refractivity contribution in [3.63, 3.8) is 0 Å². The third-order valence-corrected chi connectivity index (χ3v) is 2.03. The topological polar surface area (TPSA) is 61.5 Å². The lowest BCUT2D eigenvalue weighted by Crippen LogP contribution is -2.32. The minimum absolute atomic E-state index is 0.236. The summed E-state index contributed by atoms with van der Waals surface area (Å²) in [6.45, 7) is 3.55. The number of para-hydroxylation sites is 1. The maximum Gasteiger partial charge on any atom is 0.404 e. The van der Waals surface area contributed by atoms with Crippen molar-refractivity contribution < 1.29 is 14.3 Å². The van der Waals surface area contributed by atoms with Gasteiger partial charge in [0.15, 0.2) is 0 Å². The summed E-state index contributed by atoms with van der Waals surface area (Å²) in [6.07, 6.45) is -1.39. The zero-order valence-electron chi connectivity index (χ0n) is 8.84. The van der Waals surface area contributed by atoms with Gasteiger partial charge in [-0.05, 0) is 26.0 Å². The quantitative estimate of drug-likeness (QED) is 0.824. The van der Waals surface area contributed by atoms with Crippen LogP contribution in [0.3, 0.4) is 0 Å². The third kappa shape index (κ3) is 3.89. The first kappa shape index (κ1) is 11.4. The highest BCUT2D eigenvalue weighted by Crippen LogP contribution is 2.13. The Labute approximate surface area is 89.0 Å². The van der Waals surface area contributed by atoms with Crippen molar-refractivity contribution in [1.29, 1.82) is 0 Å². The fourth-order valence-corrected chi connectivity index (χ4v) is 1.09. The van der Waals surface area contributed by atoms with E-state index in [2.05, 4.69) is 0 Å². The van der Waals surface area contributed by atoms with E-state index < -0.39 is 6.09 Å². The van der Waals surface area contributed by atoms with Crippen molar-refractivity contribution in [1.82, 2.24) is 0 Å². The van der Waals surface area contributed by atoms with Gasteiger partial charge in [-0.3, -0.25) is 0 Å². The third-order valence-electron chi connectivity index (χ3n) is 2.03. The predicted molar refractivity (Wildman–Crippen MR) is 56.7 cm³/mol. The Morgan fingerprint density at radius 3 is 2.33 bits per heavy atom. The maximum atomic E-state index is 10.5. The predicted octanol–water partition coefficient (Wildman–Crippen LogP) is 1.94. The van der Waals surface area contributed by atoms with Crippen LogP contribution in [0.25, 0.3) is 0 Å². The van der Waals surface area contributed by atoms with Gasteiger partial charge >= 0.3 is 6.09 Å². The average molecular weight is 209 g/mol. The van der Waals surface area contributed by atoms with E-state index in [0.29, 0.717) is 0 Å². The molecule has 0 aliphatic rings. The Balaban J connectivity index is 2.48. The van der Waals surface area contributed by atoms with Gasteiger partial charge in [-0.15, -0.1) is 0 Å². The molecule has 0 saturated carbocycles. The largest absolute Gasteiger partial charge is 0.487 e. The van der Waals surface area contributed by atoms with Gasteiger partial charge in [-0.1, -0.05) is 18.2 Å². The number of hydrogen-bond donors (Lipinski definition) is 1. The molecule has 0 bridgehead atoms. The second-order valence-electron chi connectivity index (χ2n) is 3.28. The lowest BCUT2D eigenvalue weighted by molar-refractivity contribution is 0.0395. The van der Waals surface area contributed by atoms with E-state index in [9.17, 15) is 4.79 Å². The molecule has 2 unspecified atom stereocenters. The molecule has 4 heteroatoms. The summed E-state index contributed by atoms with van der Waals surface area (Å²) in [5.74, 6) is 0.741. The van der Waals surface area contributed by atoms with E-state index in [-0.39, 0.29) is 12.2 Å². The van der Waals surface area contributed by atoms with E-state index in [1.54, 1.807) is 6.92 Å². The Kier molecular flexibility index (Phi) is 3.97.